The van der Waals surface area contributed by atoms with E-state index in [0.29, 0.717) is 3.92 Å². The van der Waals surface area contributed by atoms with Crippen LogP contribution in [0.5, 0.6) is 0 Å². The SMILES string of the molecule is CO[C@@H]1COI2[C@H](C)COC12[I-]. The van der Waals surface area contributed by atoms with Crippen LogP contribution in [0.3, 0.4) is 0 Å². The Morgan fingerprint density at radius 2 is 2.33 bits per heavy atom. The predicted octanol–water partition coefficient (Wildman–Crippen LogP) is -1.92. The third kappa shape index (κ3) is 1.32. The molecular formula is C7H12I2O3-. The molecule has 2 aliphatic heterocycles. The van der Waals surface area contributed by atoms with E-state index in [2.05, 4.69) is 29.5 Å². The van der Waals surface area contributed by atoms with Gasteiger partial charge in [-0.15, -0.1) is 0 Å². The molecule has 0 saturated carbocycles. The average molecular weight is 398 g/mol. The molecule has 5 heteroatoms. The fourth-order valence-corrected chi connectivity index (χ4v) is 10.8. The maximum atomic E-state index is 5.79. The zero-order valence-electron chi connectivity index (χ0n) is 7.05. The molecule has 0 aliphatic carbocycles. The molecule has 73 valence electrons. The topological polar surface area (TPSA) is 27.7 Å². The van der Waals surface area contributed by atoms with Crippen molar-refractivity contribution in [2.75, 3.05) is 20.3 Å². The zero-order valence-corrected chi connectivity index (χ0v) is 11.4. The molecule has 0 N–H and O–H groups in total. The fraction of sp³-hybridized carbons (Fsp3) is 1.00. The normalized spacial score (nSPS) is 49.8. The van der Waals surface area contributed by atoms with Gasteiger partial charge in [-0.1, -0.05) is 0 Å². The van der Waals surface area contributed by atoms with Gasteiger partial charge in [0.1, 0.15) is 0 Å². The molecule has 1 radical (unpaired) electrons. The molecule has 2 aliphatic rings. The van der Waals surface area contributed by atoms with E-state index in [0.717, 1.165) is 13.2 Å². The Bertz CT molecular complexity index is 189. The second-order valence-corrected chi connectivity index (χ2v) is 12.5. The van der Waals surface area contributed by atoms with Gasteiger partial charge in [-0.2, -0.15) is 0 Å². The van der Waals surface area contributed by atoms with E-state index in [9.17, 15) is 0 Å². The Balaban J connectivity index is 2.19. The number of alkyl halides is 3. The molecule has 3 atom stereocenters. The van der Waals surface area contributed by atoms with Crippen molar-refractivity contribution in [2.45, 2.75) is 18.6 Å². The second kappa shape index (κ2) is 3.48. The Labute approximate surface area is 93.6 Å². The van der Waals surface area contributed by atoms with E-state index < -0.39 is 20.2 Å². The Morgan fingerprint density at radius 1 is 1.58 bits per heavy atom. The van der Waals surface area contributed by atoms with Gasteiger partial charge in [0.15, 0.2) is 0 Å². The maximum absolute atomic E-state index is 5.79. The Morgan fingerprint density at radius 3 is 3.00 bits per heavy atom. The molecule has 12 heavy (non-hydrogen) atoms. The van der Waals surface area contributed by atoms with Crippen LogP contribution in [0.15, 0.2) is 0 Å². The van der Waals surface area contributed by atoms with Crippen LogP contribution < -0.4 is 22.6 Å². The van der Waals surface area contributed by atoms with E-state index in [-0.39, 0.29) is 7.72 Å². The molecule has 2 saturated heterocycles. The molecule has 0 aromatic rings. The first-order chi connectivity index (χ1) is 5.68. The summed E-state index contributed by atoms with van der Waals surface area (Å²) in [4.78, 5) is 0. The number of hydrogen-bond donors (Lipinski definition) is 0. The summed E-state index contributed by atoms with van der Waals surface area (Å²) in [5.74, 6) is 0. The quantitative estimate of drug-likeness (QED) is 0.381. The first-order valence-corrected chi connectivity index (χ1v) is 8.14. The fourth-order valence-electron chi connectivity index (χ4n) is 1.41. The van der Waals surface area contributed by atoms with Crippen LogP contribution in [0.4, 0.5) is 0 Å². The number of halogens is 2. The summed E-state index contributed by atoms with van der Waals surface area (Å²) in [7, 11) is 1.74. The molecule has 0 aromatic heterocycles. The van der Waals surface area contributed by atoms with Crippen molar-refractivity contribution in [3.8, 4) is 0 Å². The third-order valence-corrected chi connectivity index (χ3v) is 11.6. The van der Waals surface area contributed by atoms with Gasteiger partial charge in [0, 0.05) is 0 Å². The van der Waals surface area contributed by atoms with E-state index in [1.807, 2.05) is 0 Å². The summed E-state index contributed by atoms with van der Waals surface area (Å²) in [6, 6.07) is 0. The van der Waals surface area contributed by atoms with Crippen LogP contribution in [-0.2, 0) is 12.5 Å². The van der Waals surface area contributed by atoms with Crippen LogP contribution in [-0.4, -0.2) is 32.0 Å². The first-order valence-electron chi connectivity index (χ1n) is 3.86. The van der Waals surface area contributed by atoms with Crippen LogP contribution in [0.1, 0.15) is 6.92 Å². The number of rotatable bonds is 1. The van der Waals surface area contributed by atoms with Crippen LogP contribution >= 0.6 is 20.2 Å². The van der Waals surface area contributed by atoms with Crippen molar-refractivity contribution in [2.24, 2.45) is 0 Å². The molecule has 3 nitrogen and oxygen atoms in total. The van der Waals surface area contributed by atoms with Crippen molar-refractivity contribution in [3.63, 3.8) is 0 Å². The minimum absolute atomic E-state index is 0.0736. The van der Waals surface area contributed by atoms with Crippen molar-refractivity contribution < 1.29 is 35.1 Å². The standard InChI is InChI=1S/C7H12I2O3/c1-5-3-11-7(8)6(10-2)4-12-9(5)7/h5-6H,3-4H2,1-2H3/q-1/t5-,6-,7?/m1/s1. The van der Waals surface area contributed by atoms with Gasteiger partial charge in [0.05, 0.1) is 0 Å². The summed E-state index contributed by atoms with van der Waals surface area (Å²) >= 11 is 1.02. The monoisotopic (exact) mass is 398 g/mol. The molecule has 2 heterocycles. The Hall–Kier alpha value is 1.34. The first kappa shape index (κ1) is 9.88. The number of hydrogen-bond acceptors (Lipinski definition) is 3. The number of ether oxygens (including phenoxy) is 2. The molecule has 0 spiro atoms. The Kier molecular flexibility index (Phi) is 2.87. The van der Waals surface area contributed by atoms with Crippen molar-refractivity contribution in [1.82, 2.24) is 0 Å². The molecule has 2 rings (SSSR count). The number of fused-ring (bicyclic) bond motifs is 1. The van der Waals surface area contributed by atoms with Gasteiger partial charge in [-0.3, -0.25) is 0 Å². The van der Waals surface area contributed by atoms with E-state index in [1.54, 1.807) is 7.11 Å². The molecule has 0 bridgehead atoms. The van der Waals surface area contributed by atoms with Gasteiger partial charge in [0.2, 0.25) is 0 Å². The van der Waals surface area contributed by atoms with Gasteiger partial charge >= 0.3 is 94.3 Å². The van der Waals surface area contributed by atoms with Crippen LogP contribution in [0, 0.1) is 0 Å². The zero-order chi connectivity index (χ0) is 8.77. The van der Waals surface area contributed by atoms with E-state index in [1.165, 1.54) is 0 Å². The molecule has 0 amide bonds. The van der Waals surface area contributed by atoms with E-state index in [4.69, 9.17) is 12.5 Å². The summed E-state index contributed by atoms with van der Waals surface area (Å²) in [6.07, 6.45) is 0.160. The molecule has 1 unspecified atom stereocenters. The summed E-state index contributed by atoms with van der Waals surface area (Å²) in [5, 5.41) is 0. The van der Waals surface area contributed by atoms with Gasteiger partial charge in [0.25, 0.3) is 0 Å². The van der Waals surface area contributed by atoms with Crippen molar-refractivity contribution in [3.05, 3.63) is 0 Å². The van der Waals surface area contributed by atoms with Crippen molar-refractivity contribution >= 4 is 20.2 Å². The second-order valence-electron chi connectivity index (χ2n) is 2.93. The van der Waals surface area contributed by atoms with Gasteiger partial charge < -0.3 is 0 Å². The van der Waals surface area contributed by atoms with Crippen molar-refractivity contribution in [1.29, 1.82) is 0 Å². The van der Waals surface area contributed by atoms with Gasteiger partial charge in [-0.25, -0.2) is 0 Å². The molecular weight excluding hydrogens is 386 g/mol. The average Bonchev–Trinajstić information content (AvgIpc) is 2.50. The minimum atomic E-state index is -1.37. The summed E-state index contributed by atoms with van der Waals surface area (Å²) in [6.45, 7) is 3.81. The predicted molar refractivity (Wildman–Crippen MR) is 48.9 cm³/mol. The summed E-state index contributed by atoms with van der Waals surface area (Å²) < 4.78 is 17.5. The van der Waals surface area contributed by atoms with E-state index >= 15 is 0 Å². The molecule has 0 aromatic carbocycles. The molecule has 2 fully saturated rings. The third-order valence-electron chi connectivity index (χ3n) is 2.09. The van der Waals surface area contributed by atoms with Crippen LogP contribution in [0.2, 0.25) is 0 Å². The summed E-state index contributed by atoms with van der Waals surface area (Å²) in [5.41, 5.74) is 0. The van der Waals surface area contributed by atoms with Crippen LogP contribution in [0.25, 0.3) is 0 Å². The van der Waals surface area contributed by atoms with Gasteiger partial charge in [-0.05, 0) is 0 Å². The number of methoxy groups -OCH3 is 1.